The predicted octanol–water partition coefficient (Wildman–Crippen LogP) is 4.44. The smallest absolute Gasteiger partial charge is 0.254 e. The SMILES string of the molecule is CN(Cc1ccccc1)C(=O)C[C@]1(COc2ccc(F)cc2)CN(C(=O)c2cc(F)cc(F)c2)CCO1. The molecule has 1 saturated heterocycles. The molecule has 6 nitrogen and oxygen atoms in total. The average molecular weight is 513 g/mol. The van der Waals surface area contributed by atoms with Gasteiger partial charge >= 0.3 is 0 Å². The minimum Gasteiger partial charge on any atom is -0.490 e. The van der Waals surface area contributed by atoms with E-state index in [2.05, 4.69) is 0 Å². The molecule has 0 radical (unpaired) electrons. The standard InChI is InChI=1S/C28H27F3N2O4/c1-32(17-20-5-3-2-4-6-20)26(34)16-28(19-36-25-9-7-22(29)8-10-25)18-33(11-12-37-28)27(35)21-13-23(30)15-24(31)14-21/h2-10,13-15H,11-12,16-19H2,1H3/t28-/m1/s1. The molecular weight excluding hydrogens is 485 g/mol. The number of hydrogen-bond donors (Lipinski definition) is 0. The van der Waals surface area contributed by atoms with Gasteiger partial charge in [-0.1, -0.05) is 30.3 Å². The van der Waals surface area contributed by atoms with Gasteiger partial charge in [0.25, 0.3) is 5.91 Å². The first-order valence-corrected chi connectivity index (χ1v) is 11.8. The minimum atomic E-state index is -1.24. The van der Waals surface area contributed by atoms with Crippen LogP contribution in [0.1, 0.15) is 22.3 Å². The quantitative estimate of drug-likeness (QED) is 0.448. The van der Waals surface area contributed by atoms with E-state index < -0.39 is 29.0 Å². The van der Waals surface area contributed by atoms with Crippen molar-refractivity contribution in [3.8, 4) is 5.75 Å². The van der Waals surface area contributed by atoms with E-state index in [-0.39, 0.29) is 44.2 Å². The number of amides is 2. The highest BCUT2D eigenvalue weighted by Crippen LogP contribution is 2.27. The van der Waals surface area contributed by atoms with Gasteiger partial charge in [-0.15, -0.1) is 0 Å². The Labute approximate surface area is 213 Å². The zero-order valence-corrected chi connectivity index (χ0v) is 20.3. The maximum atomic E-state index is 13.8. The van der Waals surface area contributed by atoms with Gasteiger partial charge in [-0.25, -0.2) is 13.2 Å². The molecule has 1 heterocycles. The van der Waals surface area contributed by atoms with E-state index in [1.165, 1.54) is 29.2 Å². The zero-order valence-electron chi connectivity index (χ0n) is 20.3. The Morgan fingerprint density at radius 1 is 0.973 bits per heavy atom. The van der Waals surface area contributed by atoms with Crippen molar-refractivity contribution in [3.05, 3.63) is 101 Å². The van der Waals surface area contributed by atoms with Crippen LogP contribution in [-0.2, 0) is 16.1 Å². The Kier molecular flexibility index (Phi) is 8.13. The lowest BCUT2D eigenvalue weighted by atomic mass is 9.96. The van der Waals surface area contributed by atoms with Crippen molar-refractivity contribution in [3.63, 3.8) is 0 Å². The van der Waals surface area contributed by atoms with Crippen molar-refractivity contribution in [2.45, 2.75) is 18.6 Å². The van der Waals surface area contributed by atoms with E-state index in [9.17, 15) is 22.8 Å². The molecule has 1 atom stereocenters. The number of rotatable bonds is 8. The lowest BCUT2D eigenvalue weighted by molar-refractivity contribution is -0.152. The molecule has 194 valence electrons. The normalized spacial score (nSPS) is 17.4. The molecule has 0 aliphatic carbocycles. The third-order valence-corrected chi connectivity index (χ3v) is 6.12. The Hall–Kier alpha value is -3.85. The first-order chi connectivity index (χ1) is 17.7. The number of carbonyl (C=O) groups is 2. The fourth-order valence-electron chi connectivity index (χ4n) is 4.23. The maximum Gasteiger partial charge on any atom is 0.254 e. The number of morpholine rings is 1. The summed E-state index contributed by atoms with van der Waals surface area (Å²) in [7, 11) is 1.67. The van der Waals surface area contributed by atoms with Gasteiger partial charge in [0.1, 0.15) is 35.4 Å². The van der Waals surface area contributed by atoms with Crippen LogP contribution in [-0.4, -0.2) is 60.6 Å². The molecule has 3 aromatic rings. The molecule has 2 amide bonds. The summed E-state index contributed by atoms with van der Waals surface area (Å²) in [6.07, 6.45) is -0.112. The number of carbonyl (C=O) groups excluding carboxylic acids is 2. The van der Waals surface area contributed by atoms with Crippen LogP contribution < -0.4 is 4.74 Å². The molecule has 0 N–H and O–H groups in total. The van der Waals surface area contributed by atoms with Gasteiger partial charge in [-0.05, 0) is 42.0 Å². The average Bonchev–Trinajstić information content (AvgIpc) is 2.88. The molecule has 1 fully saturated rings. The fraction of sp³-hybridized carbons (Fsp3) is 0.286. The molecule has 3 aromatic carbocycles. The number of benzene rings is 3. The summed E-state index contributed by atoms with van der Waals surface area (Å²) in [6, 6.07) is 17.5. The molecule has 0 bridgehead atoms. The highest BCUT2D eigenvalue weighted by molar-refractivity contribution is 5.94. The van der Waals surface area contributed by atoms with E-state index in [0.29, 0.717) is 18.4 Å². The number of hydrogen-bond acceptors (Lipinski definition) is 4. The van der Waals surface area contributed by atoms with Crippen molar-refractivity contribution in [2.75, 3.05) is 33.4 Å². The van der Waals surface area contributed by atoms with Gasteiger partial charge in [0.2, 0.25) is 5.91 Å². The summed E-state index contributed by atoms with van der Waals surface area (Å²) < 4.78 is 52.7. The fourth-order valence-corrected chi connectivity index (χ4v) is 4.23. The molecule has 1 aliphatic rings. The largest absolute Gasteiger partial charge is 0.490 e. The Morgan fingerprint density at radius 2 is 1.65 bits per heavy atom. The van der Waals surface area contributed by atoms with Gasteiger partial charge in [0.15, 0.2) is 0 Å². The van der Waals surface area contributed by atoms with Crippen molar-refractivity contribution in [2.24, 2.45) is 0 Å². The monoisotopic (exact) mass is 512 g/mol. The van der Waals surface area contributed by atoms with Crippen molar-refractivity contribution in [1.29, 1.82) is 0 Å². The van der Waals surface area contributed by atoms with Crippen molar-refractivity contribution in [1.82, 2.24) is 9.80 Å². The van der Waals surface area contributed by atoms with Crippen LogP contribution in [0.25, 0.3) is 0 Å². The Balaban J connectivity index is 1.54. The van der Waals surface area contributed by atoms with Gasteiger partial charge in [0, 0.05) is 31.8 Å². The van der Waals surface area contributed by atoms with Crippen LogP contribution in [0, 0.1) is 17.5 Å². The van der Waals surface area contributed by atoms with Crippen molar-refractivity contribution < 1.29 is 32.2 Å². The molecule has 37 heavy (non-hydrogen) atoms. The summed E-state index contributed by atoms with van der Waals surface area (Å²) in [4.78, 5) is 29.3. The molecule has 0 saturated carbocycles. The van der Waals surface area contributed by atoms with Crippen LogP contribution in [0.5, 0.6) is 5.75 Å². The van der Waals surface area contributed by atoms with Gasteiger partial charge in [0.05, 0.1) is 19.6 Å². The third kappa shape index (κ3) is 6.89. The second-order valence-electron chi connectivity index (χ2n) is 9.07. The van der Waals surface area contributed by atoms with E-state index in [0.717, 1.165) is 17.7 Å². The van der Waals surface area contributed by atoms with Crippen molar-refractivity contribution >= 4 is 11.8 Å². The van der Waals surface area contributed by atoms with Gasteiger partial charge < -0.3 is 19.3 Å². The maximum absolute atomic E-state index is 13.8. The van der Waals surface area contributed by atoms with Gasteiger partial charge in [-0.3, -0.25) is 9.59 Å². The summed E-state index contributed by atoms with van der Waals surface area (Å²) in [6.45, 7) is 0.482. The minimum absolute atomic E-state index is 0.0456. The van der Waals surface area contributed by atoms with Crippen LogP contribution >= 0.6 is 0 Å². The molecule has 0 unspecified atom stereocenters. The Morgan fingerprint density at radius 3 is 2.32 bits per heavy atom. The first kappa shape index (κ1) is 26.2. The van der Waals surface area contributed by atoms with Crippen LogP contribution in [0.4, 0.5) is 13.2 Å². The van der Waals surface area contributed by atoms with E-state index in [1.54, 1.807) is 11.9 Å². The number of nitrogens with zero attached hydrogens (tertiary/aromatic N) is 2. The molecule has 0 aromatic heterocycles. The second-order valence-corrected chi connectivity index (χ2v) is 9.07. The second kappa shape index (κ2) is 11.5. The van der Waals surface area contributed by atoms with Gasteiger partial charge in [-0.2, -0.15) is 0 Å². The van der Waals surface area contributed by atoms with Crippen LogP contribution in [0.15, 0.2) is 72.8 Å². The zero-order chi connectivity index (χ0) is 26.4. The molecule has 4 rings (SSSR count). The highest BCUT2D eigenvalue weighted by atomic mass is 19.1. The summed E-state index contributed by atoms with van der Waals surface area (Å²) in [5.74, 6) is -2.60. The van der Waals surface area contributed by atoms with E-state index in [1.807, 2.05) is 30.3 Å². The summed E-state index contributed by atoms with van der Waals surface area (Å²) in [5, 5.41) is 0. The lowest BCUT2D eigenvalue weighted by Gasteiger charge is -2.42. The molecule has 1 aliphatic heterocycles. The topological polar surface area (TPSA) is 59.1 Å². The first-order valence-electron chi connectivity index (χ1n) is 11.8. The van der Waals surface area contributed by atoms with E-state index in [4.69, 9.17) is 9.47 Å². The predicted molar refractivity (Wildman–Crippen MR) is 130 cm³/mol. The highest BCUT2D eigenvalue weighted by Gasteiger charge is 2.42. The number of halogens is 3. The van der Waals surface area contributed by atoms with E-state index >= 15 is 0 Å². The summed E-state index contributed by atoms with van der Waals surface area (Å²) >= 11 is 0. The lowest BCUT2D eigenvalue weighted by Crippen LogP contribution is -2.58. The van der Waals surface area contributed by atoms with Crippen LogP contribution in [0.2, 0.25) is 0 Å². The third-order valence-electron chi connectivity index (χ3n) is 6.12. The molecule has 9 heteroatoms. The summed E-state index contributed by atoms with van der Waals surface area (Å²) in [5.41, 5.74) is -0.430. The number of ether oxygens (including phenoxy) is 2. The Bertz CT molecular complexity index is 1220. The van der Waals surface area contributed by atoms with Crippen LogP contribution in [0.3, 0.4) is 0 Å². The molecular formula is C28H27F3N2O4. The molecule has 0 spiro atoms.